The van der Waals surface area contributed by atoms with Gasteiger partial charge >= 0.3 is 0 Å². The highest BCUT2D eigenvalue weighted by Gasteiger charge is 2.55. The first-order chi connectivity index (χ1) is 10.6. The van der Waals surface area contributed by atoms with Crippen LogP contribution in [-0.4, -0.2) is 21.9 Å². The van der Waals surface area contributed by atoms with E-state index in [1.165, 1.54) is 18.4 Å². The minimum atomic E-state index is -0.837. The SMILES string of the molecule is OC1C=C2CC[C@@H]3[C@H](CC[C@H]4[C@H]3CC[C@@]4(O)C#CCl)[C@H]2CC1. The van der Waals surface area contributed by atoms with Crippen molar-refractivity contribution in [1.82, 2.24) is 0 Å². The van der Waals surface area contributed by atoms with E-state index in [1.54, 1.807) is 0 Å². The van der Waals surface area contributed by atoms with E-state index < -0.39 is 5.60 Å². The molecule has 0 heterocycles. The molecule has 0 aliphatic heterocycles. The molecule has 3 heteroatoms. The Kier molecular flexibility index (Phi) is 3.80. The average Bonchev–Trinajstić information content (AvgIpc) is 2.84. The van der Waals surface area contributed by atoms with E-state index in [0.29, 0.717) is 17.8 Å². The third-order valence-corrected chi connectivity index (χ3v) is 7.20. The van der Waals surface area contributed by atoms with Crippen LogP contribution in [-0.2, 0) is 0 Å². The fourth-order valence-corrected chi connectivity index (χ4v) is 6.41. The van der Waals surface area contributed by atoms with E-state index in [4.69, 9.17) is 11.6 Å². The van der Waals surface area contributed by atoms with Crippen LogP contribution in [0.25, 0.3) is 0 Å². The van der Waals surface area contributed by atoms with E-state index in [2.05, 4.69) is 17.4 Å². The van der Waals surface area contributed by atoms with Gasteiger partial charge in [-0.2, -0.15) is 0 Å². The zero-order valence-corrected chi connectivity index (χ0v) is 13.7. The van der Waals surface area contributed by atoms with E-state index in [0.717, 1.165) is 50.4 Å². The highest BCUT2D eigenvalue weighted by molar-refractivity contribution is 6.30. The summed E-state index contributed by atoms with van der Waals surface area (Å²) in [5.41, 5.74) is 0.684. The summed E-state index contributed by atoms with van der Waals surface area (Å²) in [7, 11) is 0. The maximum absolute atomic E-state index is 10.8. The first-order valence-corrected chi connectivity index (χ1v) is 9.24. The molecule has 3 fully saturated rings. The first kappa shape index (κ1) is 15.1. The molecule has 0 saturated heterocycles. The summed E-state index contributed by atoms with van der Waals surface area (Å²) in [6.07, 6.45) is 10.5. The van der Waals surface area contributed by atoms with Crippen LogP contribution in [0.15, 0.2) is 11.6 Å². The van der Waals surface area contributed by atoms with Crippen molar-refractivity contribution < 1.29 is 10.2 Å². The third kappa shape index (κ3) is 2.25. The van der Waals surface area contributed by atoms with Crippen LogP contribution in [0.4, 0.5) is 0 Å². The average molecular weight is 321 g/mol. The Morgan fingerprint density at radius 1 is 1.05 bits per heavy atom. The second kappa shape index (κ2) is 5.55. The van der Waals surface area contributed by atoms with E-state index in [-0.39, 0.29) is 6.10 Å². The number of hydrogen-bond donors (Lipinski definition) is 2. The zero-order valence-electron chi connectivity index (χ0n) is 13.0. The van der Waals surface area contributed by atoms with Crippen LogP contribution in [0.1, 0.15) is 51.4 Å². The highest BCUT2D eigenvalue weighted by Crippen LogP contribution is 2.59. The molecule has 22 heavy (non-hydrogen) atoms. The molecular formula is C19H25ClO2. The molecule has 4 rings (SSSR count). The lowest BCUT2D eigenvalue weighted by Gasteiger charge is -2.50. The topological polar surface area (TPSA) is 40.5 Å². The number of halogens is 1. The fraction of sp³-hybridized carbons (Fsp3) is 0.789. The van der Waals surface area contributed by atoms with Crippen molar-refractivity contribution in [2.24, 2.45) is 29.6 Å². The van der Waals surface area contributed by atoms with Gasteiger partial charge in [0, 0.05) is 11.3 Å². The summed E-state index contributed by atoms with van der Waals surface area (Å²) in [5, 5.41) is 23.2. The van der Waals surface area contributed by atoms with Gasteiger partial charge in [-0.1, -0.05) is 17.6 Å². The lowest BCUT2D eigenvalue weighted by molar-refractivity contribution is -0.0209. The Bertz CT molecular complexity index is 545. The van der Waals surface area contributed by atoms with Gasteiger partial charge in [0.1, 0.15) is 5.60 Å². The molecule has 2 N–H and O–H groups in total. The van der Waals surface area contributed by atoms with Gasteiger partial charge in [0.25, 0.3) is 0 Å². The maximum Gasteiger partial charge on any atom is 0.129 e. The first-order valence-electron chi connectivity index (χ1n) is 8.86. The lowest BCUT2D eigenvalue weighted by Crippen LogP contribution is -2.45. The second-order valence-electron chi connectivity index (χ2n) is 7.89. The van der Waals surface area contributed by atoms with Gasteiger partial charge in [0.15, 0.2) is 0 Å². The van der Waals surface area contributed by atoms with Crippen molar-refractivity contribution in [1.29, 1.82) is 0 Å². The third-order valence-electron chi connectivity index (χ3n) is 7.10. The van der Waals surface area contributed by atoms with Crippen molar-refractivity contribution in [2.75, 3.05) is 0 Å². The quantitative estimate of drug-likeness (QED) is 0.530. The molecule has 0 spiro atoms. The summed E-state index contributed by atoms with van der Waals surface area (Å²) < 4.78 is 0. The second-order valence-corrected chi connectivity index (χ2v) is 8.08. The maximum atomic E-state index is 10.8. The molecule has 0 amide bonds. The van der Waals surface area contributed by atoms with Crippen LogP contribution in [0.2, 0.25) is 0 Å². The predicted octanol–water partition coefficient (Wildman–Crippen LogP) is 3.46. The smallest absolute Gasteiger partial charge is 0.129 e. The minimum Gasteiger partial charge on any atom is -0.389 e. The summed E-state index contributed by atoms with van der Waals surface area (Å²) in [5.74, 6) is 6.04. The number of fused-ring (bicyclic) bond motifs is 5. The number of aliphatic hydroxyl groups is 2. The summed E-state index contributed by atoms with van der Waals surface area (Å²) in [4.78, 5) is 0. The van der Waals surface area contributed by atoms with Crippen molar-refractivity contribution in [3.8, 4) is 11.3 Å². The predicted molar refractivity (Wildman–Crippen MR) is 87.1 cm³/mol. The molecule has 0 aromatic heterocycles. The Balaban J connectivity index is 1.58. The van der Waals surface area contributed by atoms with Crippen LogP contribution < -0.4 is 0 Å². The molecule has 3 saturated carbocycles. The molecule has 7 atom stereocenters. The molecule has 4 aliphatic carbocycles. The standard InChI is InChI=1S/C19H25ClO2/c20-10-9-19(22)8-7-17-16-3-1-12-11-13(21)2-4-14(12)15(16)5-6-18(17)19/h11,13-18,21-22H,1-8H2/t13?,14-,15+,16+,17-,18-,19+/m0/s1. The number of rotatable bonds is 0. The largest absolute Gasteiger partial charge is 0.389 e. The zero-order chi connectivity index (χ0) is 15.3. The van der Waals surface area contributed by atoms with Gasteiger partial charge < -0.3 is 10.2 Å². The molecule has 0 bridgehead atoms. The van der Waals surface area contributed by atoms with Crippen LogP contribution >= 0.6 is 11.6 Å². The number of aliphatic hydroxyl groups excluding tert-OH is 1. The normalized spacial score (nSPS) is 50.0. The highest BCUT2D eigenvalue weighted by atomic mass is 35.5. The molecule has 4 aliphatic rings. The van der Waals surface area contributed by atoms with Gasteiger partial charge in [-0.05, 0) is 86.6 Å². The molecular weight excluding hydrogens is 296 g/mol. The fourth-order valence-electron chi connectivity index (χ4n) is 6.24. The Hall–Kier alpha value is -0.490. The monoisotopic (exact) mass is 320 g/mol. The summed E-state index contributed by atoms with van der Waals surface area (Å²) >= 11 is 5.59. The van der Waals surface area contributed by atoms with Crippen LogP contribution in [0, 0.1) is 40.9 Å². The van der Waals surface area contributed by atoms with Crippen molar-refractivity contribution >= 4 is 11.6 Å². The van der Waals surface area contributed by atoms with Crippen molar-refractivity contribution in [3.63, 3.8) is 0 Å². The van der Waals surface area contributed by atoms with Gasteiger partial charge in [-0.25, -0.2) is 0 Å². The Labute approximate surface area is 137 Å². The lowest BCUT2D eigenvalue weighted by atomic mass is 9.55. The van der Waals surface area contributed by atoms with Crippen molar-refractivity contribution in [2.45, 2.75) is 63.1 Å². The van der Waals surface area contributed by atoms with E-state index in [9.17, 15) is 10.2 Å². The summed E-state index contributed by atoms with van der Waals surface area (Å²) in [6, 6.07) is 0. The van der Waals surface area contributed by atoms with Crippen LogP contribution in [0.3, 0.4) is 0 Å². The molecule has 0 radical (unpaired) electrons. The molecule has 0 aromatic rings. The number of allylic oxidation sites excluding steroid dienone is 1. The van der Waals surface area contributed by atoms with E-state index in [1.807, 2.05) is 0 Å². The molecule has 2 nitrogen and oxygen atoms in total. The van der Waals surface area contributed by atoms with Crippen LogP contribution in [0.5, 0.6) is 0 Å². The van der Waals surface area contributed by atoms with Gasteiger partial charge in [0.2, 0.25) is 0 Å². The molecule has 120 valence electrons. The molecule has 0 aromatic carbocycles. The van der Waals surface area contributed by atoms with Gasteiger partial charge in [-0.15, -0.1) is 0 Å². The minimum absolute atomic E-state index is 0.213. The van der Waals surface area contributed by atoms with Gasteiger partial charge in [0.05, 0.1) is 6.10 Å². The van der Waals surface area contributed by atoms with Crippen molar-refractivity contribution in [3.05, 3.63) is 11.6 Å². The number of hydrogen-bond acceptors (Lipinski definition) is 2. The van der Waals surface area contributed by atoms with Gasteiger partial charge in [-0.3, -0.25) is 0 Å². The molecule has 1 unspecified atom stereocenters. The Morgan fingerprint density at radius 2 is 1.91 bits per heavy atom. The Morgan fingerprint density at radius 3 is 2.73 bits per heavy atom. The van der Waals surface area contributed by atoms with E-state index >= 15 is 0 Å². The summed E-state index contributed by atoms with van der Waals surface area (Å²) in [6.45, 7) is 0.